The Kier molecular flexibility index (Phi) is 3.39. The number of nitrogens with zero attached hydrogens (tertiary/aromatic N) is 1. The van der Waals surface area contributed by atoms with Crippen LogP contribution in [-0.4, -0.2) is 36.5 Å². The predicted octanol–water partition coefficient (Wildman–Crippen LogP) is 1.88. The molecule has 2 aliphatic heterocycles. The first kappa shape index (κ1) is 14.0. The Balaban J connectivity index is 1.75. The molecule has 0 saturated carbocycles. The van der Waals surface area contributed by atoms with E-state index in [9.17, 15) is 0 Å². The van der Waals surface area contributed by atoms with Crippen molar-refractivity contribution in [3.8, 4) is 0 Å². The monoisotopic (exact) mass is 275 g/mol. The van der Waals surface area contributed by atoms with E-state index in [0.29, 0.717) is 5.92 Å². The van der Waals surface area contributed by atoms with Crippen LogP contribution in [0.1, 0.15) is 45.7 Å². The van der Waals surface area contributed by atoms with Gasteiger partial charge in [0.2, 0.25) is 0 Å². The average Bonchev–Trinajstić information content (AvgIpc) is 2.97. The molecule has 20 heavy (non-hydrogen) atoms. The Hall–Kier alpha value is -0.905. The highest BCUT2D eigenvalue weighted by Gasteiger charge is 2.51. The first-order chi connectivity index (χ1) is 9.39. The third-order valence-corrected chi connectivity index (χ3v) is 4.68. The van der Waals surface area contributed by atoms with Crippen LogP contribution < -0.4 is 5.46 Å². The lowest BCUT2D eigenvalue weighted by Gasteiger charge is -2.32. The number of ether oxygens (including phenoxy) is 1. The first-order valence-corrected chi connectivity index (χ1v) is 7.28. The molecule has 5 heteroatoms. The molecule has 0 aromatic carbocycles. The van der Waals surface area contributed by atoms with Gasteiger partial charge in [0.25, 0.3) is 0 Å². The van der Waals surface area contributed by atoms with Crippen LogP contribution in [0.15, 0.2) is 18.3 Å². The van der Waals surface area contributed by atoms with Gasteiger partial charge in [-0.15, -0.1) is 0 Å². The van der Waals surface area contributed by atoms with Gasteiger partial charge in [-0.1, -0.05) is 6.07 Å². The van der Waals surface area contributed by atoms with Crippen molar-refractivity contribution < 1.29 is 14.0 Å². The predicted molar refractivity (Wildman–Crippen MR) is 78.1 cm³/mol. The maximum atomic E-state index is 6.03. The maximum Gasteiger partial charge on any atom is 0.496 e. The highest BCUT2D eigenvalue weighted by atomic mass is 16.7. The van der Waals surface area contributed by atoms with Crippen molar-refractivity contribution in [2.24, 2.45) is 0 Å². The van der Waals surface area contributed by atoms with Crippen molar-refractivity contribution in [1.29, 1.82) is 0 Å². The van der Waals surface area contributed by atoms with Crippen LogP contribution in [0.2, 0.25) is 0 Å². The van der Waals surface area contributed by atoms with Crippen molar-refractivity contribution in [3.63, 3.8) is 0 Å². The SMILES string of the molecule is CC1(C)OB(c2ccc(C3CCOC3)nc2)OC1(C)C. The molecule has 1 aromatic rings. The molecule has 2 fully saturated rings. The molecule has 0 amide bonds. The lowest BCUT2D eigenvalue weighted by Crippen LogP contribution is -2.41. The molecule has 4 nitrogen and oxygen atoms in total. The van der Waals surface area contributed by atoms with Crippen LogP contribution in [0.5, 0.6) is 0 Å². The second-order valence-electron chi connectivity index (χ2n) is 6.67. The summed E-state index contributed by atoms with van der Waals surface area (Å²) >= 11 is 0. The molecule has 1 unspecified atom stereocenters. The molecular formula is C15H22BNO3. The van der Waals surface area contributed by atoms with E-state index in [1.54, 1.807) is 0 Å². The summed E-state index contributed by atoms with van der Waals surface area (Å²) in [6, 6.07) is 4.13. The second kappa shape index (κ2) is 4.83. The first-order valence-electron chi connectivity index (χ1n) is 7.28. The standard InChI is InChI=1S/C15H22BNO3/c1-14(2)15(3,4)20-16(19-14)12-5-6-13(17-9-12)11-7-8-18-10-11/h5-6,9,11H,7-8,10H2,1-4H3. The molecule has 0 bridgehead atoms. The minimum Gasteiger partial charge on any atom is -0.399 e. The topological polar surface area (TPSA) is 40.6 Å². The molecule has 108 valence electrons. The van der Waals surface area contributed by atoms with E-state index >= 15 is 0 Å². The van der Waals surface area contributed by atoms with Crippen LogP contribution in [0.25, 0.3) is 0 Å². The Bertz CT molecular complexity index is 464. The summed E-state index contributed by atoms with van der Waals surface area (Å²) in [6.07, 6.45) is 2.93. The van der Waals surface area contributed by atoms with Crippen molar-refractivity contribution in [1.82, 2.24) is 4.98 Å². The molecular weight excluding hydrogens is 253 g/mol. The normalized spacial score (nSPS) is 28.0. The molecule has 2 aliphatic rings. The van der Waals surface area contributed by atoms with Gasteiger partial charge in [-0.05, 0) is 40.2 Å². The van der Waals surface area contributed by atoms with E-state index in [0.717, 1.165) is 30.8 Å². The fourth-order valence-corrected chi connectivity index (χ4v) is 2.54. The van der Waals surface area contributed by atoms with Gasteiger partial charge >= 0.3 is 7.12 Å². The van der Waals surface area contributed by atoms with Gasteiger partial charge in [-0.3, -0.25) is 4.98 Å². The van der Waals surface area contributed by atoms with Crippen LogP contribution in [0.4, 0.5) is 0 Å². The number of hydrogen-bond acceptors (Lipinski definition) is 4. The van der Waals surface area contributed by atoms with Gasteiger partial charge in [0.05, 0.1) is 17.8 Å². The van der Waals surface area contributed by atoms with Gasteiger partial charge < -0.3 is 14.0 Å². The molecule has 3 heterocycles. The summed E-state index contributed by atoms with van der Waals surface area (Å²) in [5, 5.41) is 0. The van der Waals surface area contributed by atoms with Crippen LogP contribution >= 0.6 is 0 Å². The summed E-state index contributed by atoms with van der Waals surface area (Å²) in [4.78, 5) is 4.56. The third-order valence-electron chi connectivity index (χ3n) is 4.68. The third kappa shape index (κ3) is 2.38. The molecule has 1 atom stereocenters. The van der Waals surface area contributed by atoms with Gasteiger partial charge in [0.1, 0.15) is 0 Å². The van der Waals surface area contributed by atoms with Gasteiger partial charge in [0, 0.05) is 29.9 Å². The van der Waals surface area contributed by atoms with E-state index in [2.05, 4.69) is 44.8 Å². The molecule has 0 N–H and O–H groups in total. The Morgan fingerprint density at radius 3 is 2.35 bits per heavy atom. The van der Waals surface area contributed by atoms with Gasteiger partial charge in [-0.25, -0.2) is 0 Å². The Morgan fingerprint density at radius 1 is 1.15 bits per heavy atom. The van der Waals surface area contributed by atoms with E-state index in [1.807, 2.05) is 6.20 Å². The fourth-order valence-electron chi connectivity index (χ4n) is 2.54. The van der Waals surface area contributed by atoms with Crippen LogP contribution in [0, 0.1) is 0 Å². The molecule has 2 saturated heterocycles. The van der Waals surface area contributed by atoms with Crippen molar-refractivity contribution in [2.45, 2.75) is 51.2 Å². The van der Waals surface area contributed by atoms with E-state index in [4.69, 9.17) is 14.0 Å². The van der Waals surface area contributed by atoms with Crippen molar-refractivity contribution >= 4 is 12.6 Å². The quantitative estimate of drug-likeness (QED) is 0.773. The summed E-state index contributed by atoms with van der Waals surface area (Å²) in [6.45, 7) is 9.86. The molecule has 1 aromatic heterocycles. The van der Waals surface area contributed by atoms with E-state index < -0.39 is 0 Å². The average molecular weight is 275 g/mol. The Labute approximate surface area is 121 Å². The zero-order valence-electron chi connectivity index (χ0n) is 12.7. The highest BCUT2D eigenvalue weighted by molar-refractivity contribution is 6.62. The highest BCUT2D eigenvalue weighted by Crippen LogP contribution is 2.36. The lowest BCUT2D eigenvalue weighted by atomic mass is 9.80. The largest absolute Gasteiger partial charge is 0.496 e. The maximum absolute atomic E-state index is 6.03. The summed E-state index contributed by atoms with van der Waals surface area (Å²) in [7, 11) is -0.332. The molecule has 0 radical (unpaired) electrons. The zero-order chi connectivity index (χ0) is 14.4. The number of rotatable bonds is 2. The summed E-state index contributed by atoms with van der Waals surface area (Å²) < 4.78 is 17.5. The van der Waals surface area contributed by atoms with Crippen LogP contribution in [-0.2, 0) is 14.0 Å². The van der Waals surface area contributed by atoms with Crippen LogP contribution in [0.3, 0.4) is 0 Å². The second-order valence-corrected chi connectivity index (χ2v) is 6.67. The summed E-state index contributed by atoms with van der Waals surface area (Å²) in [5.41, 5.74) is 1.46. The Morgan fingerprint density at radius 2 is 1.85 bits per heavy atom. The van der Waals surface area contributed by atoms with E-state index in [1.165, 1.54) is 0 Å². The van der Waals surface area contributed by atoms with Gasteiger partial charge in [0.15, 0.2) is 0 Å². The fraction of sp³-hybridized carbons (Fsp3) is 0.667. The minimum absolute atomic E-state index is 0.310. The minimum atomic E-state index is -0.332. The van der Waals surface area contributed by atoms with Crippen molar-refractivity contribution in [3.05, 3.63) is 24.0 Å². The molecule has 0 spiro atoms. The molecule has 0 aliphatic carbocycles. The van der Waals surface area contributed by atoms with E-state index in [-0.39, 0.29) is 18.3 Å². The number of pyridine rings is 1. The lowest BCUT2D eigenvalue weighted by molar-refractivity contribution is 0.00578. The smallest absolute Gasteiger partial charge is 0.399 e. The number of aromatic nitrogens is 1. The number of hydrogen-bond donors (Lipinski definition) is 0. The molecule has 3 rings (SSSR count). The van der Waals surface area contributed by atoms with Gasteiger partial charge in [-0.2, -0.15) is 0 Å². The summed E-state index contributed by atoms with van der Waals surface area (Å²) in [5.74, 6) is 0.433. The van der Waals surface area contributed by atoms with Crippen molar-refractivity contribution in [2.75, 3.05) is 13.2 Å². The zero-order valence-corrected chi connectivity index (χ0v) is 12.7.